The Bertz CT molecular complexity index is 874. The molecule has 0 bridgehead atoms. The molecule has 0 spiro atoms. The number of amides is 2. The van der Waals surface area contributed by atoms with Gasteiger partial charge in [0.1, 0.15) is 5.82 Å². The lowest BCUT2D eigenvalue weighted by molar-refractivity contribution is 0.0600. The molecule has 2 aromatic rings. The van der Waals surface area contributed by atoms with Crippen molar-refractivity contribution in [3.05, 3.63) is 64.4 Å². The van der Waals surface area contributed by atoms with Crippen LogP contribution in [0.1, 0.15) is 15.9 Å². The van der Waals surface area contributed by atoms with Gasteiger partial charge in [-0.1, -0.05) is 23.7 Å². The molecule has 2 aromatic carbocycles. The molecule has 148 valence electrons. The highest BCUT2D eigenvalue weighted by Crippen LogP contribution is 2.25. The molecule has 0 saturated carbocycles. The van der Waals surface area contributed by atoms with E-state index in [2.05, 4.69) is 4.74 Å². The summed E-state index contributed by atoms with van der Waals surface area (Å²) in [6.07, 6.45) is 0. The number of nitrogens with zero attached hydrogens (tertiary/aromatic N) is 2. The Balaban J connectivity index is 1.91. The highest BCUT2D eigenvalue weighted by atomic mass is 35.5. The van der Waals surface area contributed by atoms with E-state index >= 15 is 0 Å². The lowest BCUT2D eigenvalue weighted by Gasteiger charge is -2.33. The third-order valence-corrected chi connectivity index (χ3v) is 5.61. The number of esters is 1. The van der Waals surface area contributed by atoms with E-state index in [0.29, 0.717) is 29.4 Å². The van der Waals surface area contributed by atoms with Gasteiger partial charge in [-0.3, -0.25) is 4.90 Å². The summed E-state index contributed by atoms with van der Waals surface area (Å²) in [6.45, 7) is 1.31. The van der Waals surface area contributed by atoms with Gasteiger partial charge in [0.05, 0.1) is 19.2 Å². The van der Waals surface area contributed by atoms with Crippen LogP contribution in [0, 0.1) is 5.82 Å². The third kappa shape index (κ3) is 4.77. The number of carbonyl (C=O) groups excluding carboxylic acids is 2. The van der Waals surface area contributed by atoms with Gasteiger partial charge in [0.25, 0.3) is 0 Å². The molecule has 1 aliphatic heterocycles. The van der Waals surface area contributed by atoms with E-state index in [0.717, 1.165) is 17.6 Å². The van der Waals surface area contributed by atoms with Crippen molar-refractivity contribution >= 4 is 41.1 Å². The third-order valence-electron chi connectivity index (χ3n) is 4.44. The highest BCUT2D eigenvalue weighted by molar-refractivity contribution is 7.99. The Hall–Kier alpha value is -2.25. The fourth-order valence-corrected chi connectivity index (χ4v) is 4.02. The normalized spacial score (nSPS) is 13.9. The van der Waals surface area contributed by atoms with Crippen LogP contribution < -0.4 is 4.90 Å². The van der Waals surface area contributed by atoms with Gasteiger partial charge in [0, 0.05) is 40.9 Å². The van der Waals surface area contributed by atoms with Gasteiger partial charge in [0.15, 0.2) is 0 Å². The maximum Gasteiger partial charge on any atom is 0.337 e. The Labute approximate surface area is 172 Å². The zero-order valence-electron chi connectivity index (χ0n) is 15.4. The summed E-state index contributed by atoms with van der Waals surface area (Å²) >= 11 is 7.91. The number of urea groups is 1. The molecule has 28 heavy (non-hydrogen) atoms. The SMILES string of the molecule is COC(=O)c1ccc(CN(C(=O)N2CCSCC2)c2cccc(Cl)c2)c(F)c1. The molecule has 1 heterocycles. The predicted octanol–water partition coefficient (Wildman–Crippen LogP) is 4.44. The molecule has 2 amide bonds. The van der Waals surface area contributed by atoms with Crippen molar-refractivity contribution in [1.29, 1.82) is 0 Å². The van der Waals surface area contributed by atoms with Crippen molar-refractivity contribution in [3.8, 4) is 0 Å². The lowest BCUT2D eigenvalue weighted by Crippen LogP contribution is -2.46. The van der Waals surface area contributed by atoms with E-state index < -0.39 is 11.8 Å². The fraction of sp³-hybridized carbons (Fsp3) is 0.300. The Morgan fingerprint density at radius 2 is 1.96 bits per heavy atom. The molecule has 3 rings (SSSR count). The van der Waals surface area contributed by atoms with Crippen LogP contribution >= 0.6 is 23.4 Å². The first kappa shape index (κ1) is 20.5. The maximum absolute atomic E-state index is 14.6. The number of halogens is 2. The number of methoxy groups -OCH3 is 1. The van der Waals surface area contributed by atoms with E-state index in [1.165, 1.54) is 24.1 Å². The van der Waals surface area contributed by atoms with Crippen molar-refractivity contribution in [1.82, 2.24) is 4.90 Å². The smallest absolute Gasteiger partial charge is 0.337 e. The number of carbonyl (C=O) groups is 2. The number of hydrogen-bond acceptors (Lipinski definition) is 4. The van der Waals surface area contributed by atoms with Crippen molar-refractivity contribution in [3.63, 3.8) is 0 Å². The molecule has 1 fully saturated rings. The van der Waals surface area contributed by atoms with Gasteiger partial charge in [-0.2, -0.15) is 11.8 Å². The van der Waals surface area contributed by atoms with Gasteiger partial charge in [-0.15, -0.1) is 0 Å². The molecule has 1 saturated heterocycles. The molecule has 0 atom stereocenters. The number of rotatable bonds is 4. The van der Waals surface area contributed by atoms with Crippen LogP contribution in [0.25, 0.3) is 0 Å². The van der Waals surface area contributed by atoms with Crippen molar-refractivity contribution in [2.75, 3.05) is 36.6 Å². The second kappa shape index (κ2) is 9.30. The van der Waals surface area contributed by atoms with E-state index in [1.807, 2.05) is 0 Å². The molecular formula is C20H20ClFN2O3S. The average Bonchev–Trinajstić information content (AvgIpc) is 2.72. The zero-order valence-corrected chi connectivity index (χ0v) is 16.9. The van der Waals surface area contributed by atoms with Crippen molar-refractivity contribution < 1.29 is 18.7 Å². The fourth-order valence-electron chi connectivity index (χ4n) is 2.93. The Morgan fingerprint density at radius 1 is 1.21 bits per heavy atom. The van der Waals surface area contributed by atoms with Gasteiger partial charge >= 0.3 is 12.0 Å². The molecule has 1 aliphatic rings. The first-order chi connectivity index (χ1) is 13.5. The quantitative estimate of drug-likeness (QED) is 0.683. The minimum absolute atomic E-state index is 0.0239. The first-order valence-corrected chi connectivity index (χ1v) is 10.3. The largest absolute Gasteiger partial charge is 0.465 e. The minimum Gasteiger partial charge on any atom is -0.465 e. The molecule has 0 aliphatic carbocycles. The van der Waals surface area contributed by atoms with Crippen LogP contribution in [0.2, 0.25) is 5.02 Å². The maximum atomic E-state index is 14.6. The summed E-state index contributed by atoms with van der Waals surface area (Å²) in [4.78, 5) is 28.0. The molecule has 0 aromatic heterocycles. The van der Waals surface area contributed by atoms with E-state index in [4.69, 9.17) is 11.6 Å². The first-order valence-electron chi connectivity index (χ1n) is 8.76. The standard InChI is InChI=1S/C20H20ClFN2O3S/c1-27-19(25)14-5-6-15(18(22)11-14)13-24(17-4-2-3-16(21)12-17)20(26)23-7-9-28-10-8-23/h2-6,11-12H,7-10,13H2,1H3. The second-order valence-electron chi connectivity index (χ2n) is 6.25. The summed E-state index contributed by atoms with van der Waals surface area (Å²) in [5.74, 6) is 0.560. The van der Waals surface area contributed by atoms with E-state index in [9.17, 15) is 14.0 Å². The monoisotopic (exact) mass is 422 g/mol. The Morgan fingerprint density at radius 3 is 2.61 bits per heavy atom. The summed E-state index contributed by atoms with van der Waals surface area (Å²) in [5, 5.41) is 0.492. The van der Waals surface area contributed by atoms with Crippen LogP contribution in [0.5, 0.6) is 0 Å². The zero-order chi connectivity index (χ0) is 20.1. The lowest BCUT2D eigenvalue weighted by atomic mass is 10.1. The van der Waals surface area contributed by atoms with Crippen LogP contribution in [0.4, 0.5) is 14.9 Å². The summed E-state index contributed by atoms with van der Waals surface area (Å²) in [7, 11) is 1.24. The number of hydrogen-bond donors (Lipinski definition) is 0. The van der Waals surface area contributed by atoms with E-state index in [-0.39, 0.29) is 18.1 Å². The van der Waals surface area contributed by atoms with Gasteiger partial charge in [-0.25, -0.2) is 14.0 Å². The van der Waals surface area contributed by atoms with E-state index in [1.54, 1.807) is 40.9 Å². The van der Waals surface area contributed by atoms with Crippen LogP contribution in [0.3, 0.4) is 0 Å². The van der Waals surface area contributed by atoms with Crippen LogP contribution in [-0.2, 0) is 11.3 Å². The topological polar surface area (TPSA) is 49.9 Å². The van der Waals surface area contributed by atoms with Gasteiger partial charge in [-0.05, 0) is 30.3 Å². The number of benzene rings is 2. The number of thioether (sulfide) groups is 1. The van der Waals surface area contributed by atoms with Gasteiger partial charge < -0.3 is 9.64 Å². The van der Waals surface area contributed by atoms with Crippen molar-refractivity contribution in [2.24, 2.45) is 0 Å². The van der Waals surface area contributed by atoms with Gasteiger partial charge in [0.2, 0.25) is 0 Å². The minimum atomic E-state index is -0.612. The Kier molecular flexibility index (Phi) is 6.80. The number of ether oxygens (including phenoxy) is 1. The molecule has 8 heteroatoms. The molecule has 5 nitrogen and oxygen atoms in total. The van der Waals surface area contributed by atoms with Crippen LogP contribution in [-0.4, -0.2) is 48.6 Å². The average molecular weight is 423 g/mol. The predicted molar refractivity (Wildman–Crippen MR) is 110 cm³/mol. The van der Waals surface area contributed by atoms with Crippen molar-refractivity contribution in [2.45, 2.75) is 6.54 Å². The molecule has 0 unspecified atom stereocenters. The highest BCUT2D eigenvalue weighted by Gasteiger charge is 2.25. The number of anilines is 1. The molecule has 0 radical (unpaired) electrons. The molecular weight excluding hydrogens is 403 g/mol. The van der Waals surface area contributed by atoms with Crippen LogP contribution in [0.15, 0.2) is 42.5 Å². The summed E-state index contributed by atoms with van der Waals surface area (Å²) in [6, 6.07) is 10.8. The summed E-state index contributed by atoms with van der Waals surface area (Å²) < 4.78 is 19.2. The molecule has 0 N–H and O–H groups in total. The second-order valence-corrected chi connectivity index (χ2v) is 7.91. The summed E-state index contributed by atoms with van der Waals surface area (Å²) in [5.41, 5.74) is 1.01.